The summed E-state index contributed by atoms with van der Waals surface area (Å²) in [5.74, 6) is 0.978. The second-order valence-electron chi connectivity index (χ2n) is 7.44. The minimum absolute atomic E-state index is 0.0618. The van der Waals surface area contributed by atoms with E-state index < -0.39 is 0 Å². The lowest BCUT2D eigenvalue weighted by atomic mass is 10.1. The maximum Gasteiger partial charge on any atom is 0.286 e. The lowest BCUT2D eigenvalue weighted by Crippen LogP contribution is -2.46. The lowest BCUT2D eigenvalue weighted by molar-refractivity contribution is -0.118. The van der Waals surface area contributed by atoms with E-state index >= 15 is 0 Å². The normalized spacial score (nSPS) is 19.2. The summed E-state index contributed by atoms with van der Waals surface area (Å²) in [6.45, 7) is 4.38. The zero-order valence-corrected chi connectivity index (χ0v) is 17.5. The molecule has 7 nitrogen and oxygen atoms in total. The molecule has 156 valence electrons. The van der Waals surface area contributed by atoms with Gasteiger partial charge in [0.15, 0.2) is 6.73 Å². The van der Waals surface area contributed by atoms with Gasteiger partial charge in [0, 0.05) is 0 Å². The first kappa shape index (κ1) is 20.3. The highest BCUT2D eigenvalue weighted by Crippen LogP contribution is 2.27. The van der Waals surface area contributed by atoms with E-state index in [2.05, 4.69) is 5.32 Å². The Morgan fingerprint density at radius 3 is 2.67 bits per heavy atom. The van der Waals surface area contributed by atoms with Gasteiger partial charge in [0.2, 0.25) is 5.91 Å². The fourth-order valence-corrected chi connectivity index (χ4v) is 4.25. The topological polar surface area (TPSA) is 84.9 Å². The average Bonchev–Trinajstić information content (AvgIpc) is 3.04. The minimum atomic E-state index is -0.388. The van der Waals surface area contributed by atoms with Crippen LogP contribution in [-0.4, -0.2) is 46.6 Å². The van der Waals surface area contributed by atoms with E-state index in [1.807, 2.05) is 56.3 Å². The average molecular weight is 426 g/mol. The standard InChI is InChI=1S/C22H22N2O5S/c1-13-3-8-18-17(9-13)21(26)24(12-29-18)14(2)11-28-16-6-4-15(5-7-16)10-19-20(25)23-22(27)30-19/h3-9,14,19H,10-12H2,1-2H3,(H,23,25,27). The number of imide groups is 1. The van der Waals surface area contributed by atoms with Gasteiger partial charge in [0.1, 0.15) is 18.1 Å². The first-order chi connectivity index (χ1) is 14.4. The molecule has 0 radical (unpaired) electrons. The molecular weight excluding hydrogens is 404 g/mol. The Labute approximate surface area is 178 Å². The Bertz CT molecular complexity index is 992. The lowest BCUT2D eigenvalue weighted by Gasteiger charge is -2.33. The third-order valence-corrected chi connectivity index (χ3v) is 6.10. The third kappa shape index (κ3) is 4.28. The molecule has 2 unspecified atom stereocenters. The van der Waals surface area contributed by atoms with Crippen LogP contribution in [0.5, 0.6) is 11.5 Å². The van der Waals surface area contributed by atoms with E-state index in [0.29, 0.717) is 30.1 Å². The SMILES string of the molecule is Cc1ccc2c(c1)C(=O)N(C(C)COc1ccc(CC3SC(=O)NC3=O)cc1)CO2. The van der Waals surface area contributed by atoms with E-state index in [4.69, 9.17) is 9.47 Å². The van der Waals surface area contributed by atoms with Gasteiger partial charge >= 0.3 is 0 Å². The van der Waals surface area contributed by atoms with Gasteiger partial charge in [0.25, 0.3) is 11.1 Å². The molecule has 0 saturated carbocycles. The van der Waals surface area contributed by atoms with Crippen molar-refractivity contribution in [3.05, 3.63) is 59.2 Å². The van der Waals surface area contributed by atoms with Crippen molar-refractivity contribution in [2.45, 2.75) is 31.6 Å². The molecule has 2 atom stereocenters. The van der Waals surface area contributed by atoms with Crippen molar-refractivity contribution in [3.8, 4) is 11.5 Å². The van der Waals surface area contributed by atoms with Crippen LogP contribution in [0.15, 0.2) is 42.5 Å². The molecule has 30 heavy (non-hydrogen) atoms. The molecule has 0 aliphatic carbocycles. The molecular formula is C22H22N2O5S. The number of amides is 3. The summed E-state index contributed by atoms with van der Waals surface area (Å²) in [6.07, 6.45) is 0.483. The van der Waals surface area contributed by atoms with Crippen LogP contribution in [0.2, 0.25) is 0 Å². The predicted octanol–water partition coefficient (Wildman–Crippen LogP) is 3.15. The Kier molecular flexibility index (Phi) is 5.67. The molecule has 8 heteroatoms. The largest absolute Gasteiger partial charge is 0.491 e. The number of nitrogens with one attached hydrogen (secondary N) is 1. The van der Waals surface area contributed by atoms with Crippen LogP contribution in [0.1, 0.15) is 28.4 Å². The number of ether oxygens (including phenoxy) is 2. The third-order valence-electron chi connectivity index (χ3n) is 5.12. The van der Waals surface area contributed by atoms with Crippen LogP contribution in [0.4, 0.5) is 4.79 Å². The van der Waals surface area contributed by atoms with Gasteiger partial charge in [-0.05, 0) is 50.1 Å². The highest BCUT2D eigenvalue weighted by Gasteiger charge is 2.32. The van der Waals surface area contributed by atoms with E-state index in [1.54, 1.807) is 4.90 Å². The molecule has 2 aromatic rings. The maximum absolute atomic E-state index is 12.8. The fraction of sp³-hybridized carbons (Fsp3) is 0.318. The van der Waals surface area contributed by atoms with Gasteiger partial charge in [-0.2, -0.15) is 0 Å². The number of aryl methyl sites for hydroxylation is 1. The van der Waals surface area contributed by atoms with Crippen molar-refractivity contribution in [1.82, 2.24) is 10.2 Å². The fourth-order valence-electron chi connectivity index (χ4n) is 3.39. The molecule has 0 bridgehead atoms. The van der Waals surface area contributed by atoms with Crippen molar-refractivity contribution in [2.75, 3.05) is 13.3 Å². The monoisotopic (exact) mass is 426 g/mol. The first-order valence-corrected chi connectivity index (χ1v) is 10.6. The number of benzene rings is 2. The van der Waals surface area contributed by atoms with Crippen molar-refractivity contribution in [2.24, 2.45) is 0 Å². The highest BCUT2D eigenvalue weighted by molar-refractivity contribution is 8.15. The Morgan fingerprint density at radius 2 is 1.97 bits per heavy atom. The summed E-state index contributed by atoms with van der Waals surface area (Å²) in [5, 5.41) is 1.61. The molecule has 3 amide bonds. The molecule has 1 fully saturated rings. The van der Waals surface area contributed by atoms with Gasteiger partial charge in [-0.25, -0.2) is 0 Å². The summed E-state index contributed by atoms with van der Waals surface area (Å²) in [7, 11) is 0. The van der Waals surface area contributed by atoms with Crippen LogP contribution in [0, 0.1) is 6.92 Å². The van der Waals surface area contributed by atoms with Crippen molar-refractivity contribution in [1.29, 1.82) is 0 Å². The number of carbonyl (C=O) groups is 3. The van der Waals surface area contributed by atoms with Crippen molar-refractivity contribution >= 4 is 28.8 Å². The summed E-state index contributed by atoms with van der Waals surface area (Å²) in [6, 6.07) is 12.8. The van der Waals surface area contributed by atoms with Gasteiger partial charge in [0.05, 0.1) is 16.9 Å². The van der Waals surface area contributed by atoms with Crippen LogP contribution >= 0.6 is 11.8 Å². The smallest absolute Gasteiger partial charge is 0.286 e. The van der Waals surface area contributed by atoms with Gasteiger partial charge < -0.3 is 9.47 Å². The molecule has 2 aliphatic rings. The molecule has 1 saturated heterocycles. The van der Waals surface area contributed by atoms with Gasteiger partial charge in [-0.3, -0.25) is 24.6 Å². The Morgan fingerprint density at radius 1 is 1.20 bits per heavy atom. The van der Waals surface area contributed by atoms with E-state index in [0.717, 1.165) is 22.9 Å². The molecule has 2 aliphatic heterocycles. The summed E-state index contributed by atoms with van der Waals surface area (Å²) in [4.78, 5) is 37.4. The quantitative estimate of drug-likeness (QED) is 0.764. The number of thioether (sulfide) groups is 1. The number of hydrogen-bond acceptors (Lipinski definition) is 6. The molecule has 2 aromatic carbocycles. The number of rotatable bonds is 6. The summed E-state index contributed by atoms with van der Waals surface area (Å²) in [5.41, 5.74) is 2.53. The van der Waals surface area contributed by atoms with Crippen LogP contribution in [0.3, 0.4) is 0 Å². The molecule has 4 rings (SSSR count). The zero-order valence-electron chi connectivity index (χ0n) is 16.7. The second-order valence-corrected chi connectivity index (χ2v) is 8.61. The maximum atomic E-state index is 12.8. The Balaban J connectivity index is 1.33. The molecule has 1 N–H and O–H groups in total. The van der Waals surface area contributed by atoms with Crippen molar-refractivity contribution < 1.29 is 23.9 Å². The summed E-state index contributed by atoms with van der Waals surface area (Å²) >= 11 is 1.02. The zero-order chi connectivity index (χ0) is 21.3. The summed E-state index contributed by atoms with van der Waals surface area (Å²) < 4.78 is 11.6. The Hall–Kier alpha value is -3.00. The number of hydrogen-bond donors (Lipinski definition) is 1. The van der Waals surface area contributed by atoms with E-state index in [-0.39, 0.29) is 35.1 Å². The first-order valence-electron chi connectivity index (χ1n) is 9.68. The van der Waals surface area contributed by atoms with Gasteiger partial charge in [-0.1, -0.05) is 35.5 Å². The molecule has 0 aromatic heterocycles. The van der Waals surface area contributed by atoms with Crippen LogP contribution < -0.4 is 14.8 Å². The van der Waals surface area contributed by atoms with Gasteiger partial charge in [-0.15, -0.1) is 0 Å². The predicted molar refractivity (Wildman–Crippen MR) is 113 cm³/mol. The van der Waals surface area contributed by atoms with Crippen molar-refractivity contribution in [3.63, 3.8) is 0 Å². The van der Waals surface area contributed by atoms with E-state index in [1.165, 1.54) is 0 Å². The molecule has 0 spiro atoms. The van der Waals surface area contributed by atoms with Crippen LogP contribution in [0.25, 0.3) is 0 Å². The molecule has 2 heterocycles. The number of nitrogens with zero attached hydrogens (tertiary/aromatic N) is 1. The highest BCUT2D eigenvalue weighted by atomic mass is 32.2. The number of fused-ring (bicyclic) bond motifs is 1. The van der Waals surface area contributed by atoms with E-state index in [9.17, 15) is 14.4 Å². The minimum Gasteiger partial charge on any atom is -0.491 e. The number of carbonyl (C=O) groups excluding carboxylic acids is 3. The van der Waals surface area contributed by atoms with Crippen LogP contribution in [-0.2, 0) is 11.2 Å². The second kappa shape index (κ2) is 8.39.